The number of aromatic nitrogens is 6. The summed E-state index contributed by atoms with van der Waals surface area (Å²) in [4.78, 5) is 29.4. The van der Waals surface area contributed by atoms with Crippen molar-refractivity contribution in [2.45, 2.75) is 33.2 Å². The minimum atomic E-state index is -0.273. The Bertz CT molecular complexity index is 1350. The summed E-state index contributed by atoms with van der Waals surface area (Å²) in [6.45, 7) is 6.22. The van der Waals surface area contributed by atoms with Crippen LogP contribution in [-0.4, -0.2) is 35.7 Å². The number of benzene rings is 1. The molecule has 0 saturated carbocycles. The summed E-state index contributed by atoms with van der Waals surface area (Å²) in [6.07, 6.45) is 3.46. The van der Waals surface area contributed by atoms with Crippen LogP contribution in [0.15, 0.2) is 59.7 Å². The lowest BCUT2D eigenvalue weighted by Gasteiger charge is -2.12. The molecule has 0 saturated heterocycles. The van der Waals surface area contributed by atoms with E-state index in [1.807, 2.05) is 39.0 Å². The molecule has 1 amide bonds. The normalized spacial score (nSPS) is 11.1. The Labute approximate surface area is 191 Å². The van der Waals surface area contributed by atoms with Gasteiger partial charge in [0.2, 0.25) is 0 Å². The van der Waals surface area contributed by atoms with E-state index >= 15 is 0 Å². The zero-order chi connectivity index (χ0) is 23.5. The summed E-state index contributed by atoms with van der Waals surface area (Å²) in [6, 6.07) is 12.7. The first-order valence-electron chi connectivity index (χ1n) is 10.6. The van der Waals surface area contributed by atoms with Crippen LogP contribution in [0.5, 0.6) is 0 Å². The predicted octanol–water partition coefficient (Wildman–Crippen LogP) is 2.78. The molecule has 0 radical (unpaired) electrons. The van der Waals surface area contributed by atoms with Crippen molar-refractivity contribution in [1.29, 1.82) is 0 Å². The van der Waals surface area contributed by atoms with Crippen LogP contribution in [0.25, 0.3) is 16.9 Å². The maximum atomic E-state index is 13.1. The van der Waals surface area contributed by atoms with Crippen LogP contribution in [0.2, 0.25) is 0 Å². The number of rotatable bonds is 6. The van der Waals surface area contributed by atoms with Crippen molar-refractivity contribution in [3.63, 3.8) is 0 Å². The van der Waals surface area contributed by atoms with E-state index in [1.54, 1.807) is 42.3 Å². The molecule has 0 aliphatic rings. The topological polar surface area (TPSA) is 108 Å². The smallest absolute Gasteiger partial charge is 0.251 e. The molecule has 4 aromatic rings. The first-order chi connectivity index (χ1) is 15.8. The molecule has 1 aromatic carbocycles. The highest BCUT2D eigenvalue weighted by Crippen LogP contribution is 2.25. The number of hydrogen-bond acceptors (Lipinski definition) is 6. The first kappa shape index (κ1) is 22.1. The average Bonchev–Trinajstić information content (AvgIpc) is 3.30. The van der Waals surface area contributed by atoms with Gasteiger partial charge < -0.3 is 9.88 Å². The number of tetrazole rings is 1. The van der Waals surface area contributed by atoms with E-state index in [2.05, 4.69) is 25.8 Å². The minimum Gasteiger partial charge on any atom is -0.348 e. The van der Waals surface area contributed by atoms with Crippen molar-refractivity contribution in [2.75, 3.05) is 0 Å². The van der Waals surface area contributed by atoms with E-state index in [0.717, 1.165) is 22.4 Å². The number of carbonyl (C=O) groups excluding carboxylic acids is 1. The average molecular weight is 444 g/mol. The van der Waals surface area contributed by atoms with Gasteiger partial charge in [-0.05, 0) is 58.8 Å². The SMILES string of the molecule is Cc1ccc(-c2cc(C(=O)NCc3ccn(C)c(=O)c3)cc(-n3nnnc3C(C)C)c2)nc1. The minimum absolute atomic E-state index is 0.0964. The van der Waals surface area contributed by atoms with Crippen molar-refractivity contribution >= 4 is 5.91 Å². The highest BCUT2D eigenvalue weighted by molar-refractivity contribution is 5.96. The van der Waals surface area contributed by atoms with Crippen molar-refractivity contribution in [3.05, 3.63) is 87.7 Å². The Morgan fingerprint density at radius 3 is 2.64 bits per heavy atom. The maximum absolute atomic E-state index is 13.1. The van der Waals surface area contributed by atoms with Gasteiger partial charge in [-0.25, -0.2) is 0 Å². The number of hydrogen-bond donors (Lipinski definition) is 1. The lowest BCUT2D eigenvalue weighted by molar-refractivity contribution is 0.0951. The zero-order valence-electron chi connectivity index (χ0n) is 19.0. The second-order valence-electron chi connectivity index (χ2n) is 8.26. The monoisotopic (exact) mass is 443 g/mol. The van der Waals surface area contributed by atoms with Crippen LogP contribution in [0, 0.1) is 6.92 Å². The van der Waals surface area contributed by atoms with Crippen molar-refractivity contribution < 1.29 is 4.79 Å². The first-order valence-corrected chi connectivity index (χ1v) is 10.6. The molecule has 0 aliphatic heterocycles. The molecule has 0 bridgehead atoms. The van der Waals surface area contributed by atoms with Crippen molar-refractivity contribution in [3.8, 4) is 16.9 Å². The molecule has 0 spiro atoms. The number of carbonyl (C=O) groups is 1. The number of nitrogens with one attached hydrogen (secondary N) is 1. The fourth-order valence-corrected chi connectivity index (χ4v) is 3.37. The predicted molar refractivity (Wildman–Crippen MR) is 124 cm³/mol. The second-order valence-corrected chi connectivity index (χ2v) is 8.26. The molecule has 3 aromatic heterocycles. The molecule has 3 heterocycles. The standard InChI is InChI=1S/C24H25N7O2/c1-15(2)23-27-28-29-31(23)20-11-18(21-6-5-16(3)13-25-21)10-19(12-20)24(33)26-14-17-7-8-30(4)22(32)9-17/h5-13,15H,14H2,1-4H3,(H,26,33). The van der Waals surface area contributed by atoms with E-state index in [9.17, 15) is 9.59 Å². The third-order valence-electron chi connectivity index (χ3n) is 5.26. The van der Waals surface area contributed by atoms with Gasteiger partial charge in [0, 0.05) is 49.1 Å². The Morgan fingerprint density at radius 2 is 1.94 bits per heavy atom. The fourth-order valence-electron chi connectivity index (χ4n) is 3.37. The summed E-state index contributed by atoms with van der Waals surface area (Å²) >= 11 is 0. The van der Waals surface area contributed by atoms with Crippen molar-refractivity contribution in [1.82, 2.24) is 35.1 Å². The molecule has 0 atom stereocenters. The molecule has 9 heteroatoms. The Morgan fingerprint density at radius 1 is 1.12 bits per heavy atom. The molecule has 33 heavy (non-hydrogen) atoms. The molecule has 1 N–H and O–H groups in total. The lowest BCUT2D eigenvalue weighted by Crippen LogP contribution is -2.24. The Balaban J connectivity index is 1.71. The van der Waals surface area contributed by atoms with Gasteiger partial charge in [0.05, 0.1) is 11.4 Å². The molecular weight excluding hydrogens is 418 g/mol. The van der Waals surface area contributed by atoms with Crippen LogP contribution in [0.3, 0.4) is 0 Å². The van der Waals surface area contributed by atoms with E-state index in [0.29, 0.717) is 17.1 Å². The van der Waals surface area contributed by atoms with Gasteiger partial charge in [0.15, 0.2) is 5.82 Å². The lowest BCUT2D eigenvalue weighted by atomic mass is 10.0. The van der Waals surface area contributed by atoms with Gasteiger partial charge in [-0.1, -0.05) is 19.9 Å². The fraction of sp³-hybridized carbons (Fsp3) is 0.250. The van der Waals surface area contributed by atoms with Crippen LogP contribution < -0.4 is 10.9 Å². The highest BCUT2D eigenvalue weighted by Gasteiger charge is 2.16. The molecule has 0 unspecified atom stereocenters. The zero-order valence-corrected chi connectivity index (χ0v) is 19.0. The summed E-state index contributed by atoms with van der Waals surface area (Å²) in [5, 5.41) is 15.0. The number of aryl methyl sites for hydroxylation is 2. The van der Waals surface area contributed by atoms with Crippen LogP contribution in [0.1, 0.15) is 47.1 Å². The van der Waals surface area contributed by atoms with Crippen molar-refractivity contribution in [2.24, 2.45) is 7.05 Å². The maximum Gasteiger partial charge on any atom is 0.251 e. The summed E-state index contributed by atoms with van der Waals surface area (Å²) in [5.74, 6) is 0.514. The van der Waals surface area contributed by atoms with Gasteiger partial charge in [0.1, 0.15) is 0 Å². The molecular formula is C24H25N7O2. The molecule has 4 rings (SSSR count). The molecule has 0 fully saturated rings. The third kappa shape index (κ3) is 4.87. The third-order valence-corrected chi connectivity index (χ3v) is 5.26. The summed E-state index contributed by atoms with van der Waals surface area (Å²) in [5.41, 5.74) is 4.27. The van der Waals surface area contributed by atoms with E-state index in [1.165, 1.54) is 10.6 Å². The highest BCUT2D eigenvalue weighted by atomic mass is 16.1. The van der Waals surface area contributed by atoms with Gasteiger partial charge >= 0.3 is 0 Å². The number of pyridine rings is 2. The number of amides is 1. The van der Waals surface area contributed by atoms with E-state index in [4.69, 9.17) is 0 Å². The van der Waals surface area contributed by atoms with Gasteiger partial charge in [0.25, 0.3) is 11.5 Å². The molecule has 9 nitrogen and oxygen atoms in total. The van der Waals surface area contributed by atoms with Gasteiger partial charge in [-0.2, -0.15) is 4.68 Å². The van der Waals surface area contributed by atoms with Crippen LogP contribution in [0.4, 0.5) is 0 Å². The van der Waals surface area contributed by atoms with Crippen LogP contribution in [-0.2, 0) is 13.6 Å². The molecule has 0 aliphatic carbocycles. The van der Waals surface area contributed by atoms with Gasteiger partial charge in [-0.15, -0.1) is 5.10 Å². The van der Waals surface area contributed by atoms with Gasteiger partial charge in [-0.3, -0.25) is 14.6 Å². The number of nitrogens with zero attached hydrogens (tertiary/aromatic N) is 6. The van der Waals surface area contributed by atoms with E-state index in [-0.39, 0.29) is 23.9 Å². The molecule has 168 valence electrons. The summed E-state index contributed by atoms with van der Waals surface area (Å²) < 4.78 is 3.12. The largest absolute Gasteiger partial charge is 0.348 e. The Kier molecular flexibility index (Phi) is 6.12. The quantitative estimate of drug-likeness (QED) is 0.491. The Hall–Kier alpha value is -4.14. The second kappa shape index (κ2) is 9.15. The van der Waals surface area contributed by atoms with Crippen LogP contribution >= 0.6 is 0 Å². The van der Waals surface area contributed by atoms with E-state index < -0.39 is 0 Å². The summed E-state index contributed by atoms with van der Waals surface area (Å²) in [7, 11) is 1.68.